The fourth-order valence-electron chi connectivity index (χ4n) is 2.12. The maximum Gasteiger partial charge on any atom is 0.238 e. The second-order valence-corrected chi connectivity index (χ2v) is 8.05. The van der Waals surface area contributed by atoms with E-state index >= 15 is 0 Å². The van der Waals surface area contributed by atoms with Crippen molar-refractivity contribution >= 4 is 46.7 Å². The minimum Gasteiger partial charge on any atom is -0.486 e. The van der Waals surface area contributed by atoms with E-state index < -0.39 is 5.25 Å². The zero-order chi connectivity index (χ0) is 20.1. The second-order valence-electron chi connectivity index (χ2n) is 5.90. The standard InChI is InChI=1S/C18H17Cl2N5O2S/c1-10-3-5-13(6-4-10)27-9-15-22-18(25-24-15)28-11(2)17(26)23-16-14(20)7-12(19)8-21-16/h3-8,11H,9H2,1-2H3,(H,21,23,26)(H,22,24,25)/t11-/m1/s1. The van der Waals surface area contributed by atoms with Gasteiger partial charge in [-0.1, -0.05) is 52.7 Å². The lowest BCUT2D eigenvalue weighted by atomic mass is 10.2. The number of halogens is 2. The van der Waals surface area contributed by atoms with Crippen LogP contribution in [0, 0.1) is 6.92 Å². The fraction of sp³-hybridized carbons (Fsp3) is 0.222. The number of anilines is 1. The predicted molar refractivity (Wildman–Crippen MR) is 110 cm³/mol. The van der Waals surface area contributed by atoms with Gasteiger partial charge in [0.2, 0.25) is 11.1 Å². The van der Waals surface area contributed by atoms with Crippen LogP contribution < -0.4 is 10.1 Å². The van der Waals surface area contributed by atoms with E-state index in [0.717, 1.165) is 11.3 Å². The number of aryl methyl sites for hydroxylation is 1. The van der Waals surface area contributed by atoms with Gasteiger partial charge in [-0.25, -0.2) is 9.97 Å². The summed E-state index contributed by atoms with van der Waals surface area (Å²) in [6.07, 6.45) is 1.41. The van der Waals surface area contributed by atoms with E-state index in [-0.39, 0.29) is 23.4 Å². The summed E-state index contributed by atoms with van der Waals surface area (Å²) in [5.41, 5.74) is 1.16. The Morgan fingerprint density at radius 3 is 2.79 bits per heavy atom. The van der Waals surface area contributed by atoms with Crippen LogP contribution in [0.3, 0.4) is 0 Å². The molecule has 0 unspecified atom stereocenters. The summed E-state index contributed by atoms with van der Waals surface area (Å²) in [5, 5.41) is 10.2. The Balaban J connectivity index is 1.53. The zero-order valence-corrected chi connectivity index (χ0v) is 17.4. The molecule has 0 saturated carbocycles. The monoisotopic (exact) mass is 437 g/mol. The molecule has 7 nitrogen and oxygen atoms in total. The molecule has 0 aliphatic carbocycles. The summed E-state index contributed by atoms with van der Waals surface area (Å²) in [6.45, 7) is 4.00. The van der Waals surface area contributed by atoms with Crippen molar-refractivity contribution in [2.45, 2.75) is 30.9 Å². The molecule has 3 rings (SSSR count). The molecule has 1 aromatic carbocycles. The number of hydrogen-bond donors (Lipinski definition) is 2. The first-order valence-corrected chi connectivity index (χ1v) is 9.93. The lowest BCUT2D eigenvalue weighted by Crippen LogP contribution is -2.23. The molecule has 0 aliphatic heterocycles. The quantitative estimate of drug-likeness (QED) is 0.528. The van der Waals surface area contributed by atoms with Gasteiger partial charge in [-0.3, -0.25) is 9.89 Å². The third-order valence-electron chi connectivity index (χ3n) is 3.61. The van der Waals surface area contributed by atoms with Gasteiger partial charge in [0.1, 0.15) is 12.4 Å². The molecule has 0 radical (unpaired) electrons. The zero-order valence-electron chi connectivity index (χ0n) is 15.1. The summed E-state index contributed by atoms with van der Waals surface area (Å²) >= 11 is 13.0. The second kappa shape index (κ2) is 9.27. The highest BCUT2D eigenvalue weighted by Gasteiger charge is 2.19. The molecule has 0 saturated heterocycles. The summed E-state index contributed by atoms with van der Waals surface area (Å²) in [5.74, 6) is 1.30. The minimum absolute atomic E-state index is 0.251. The van der Waals surface area contributed by atoms with E-state index in [0.29, 0.717) is 16.0 Å². The van der Waals surface area contributed by atoms with Crippen molar-refractivity contribution in [3.8, 4) is 5.75 Å². The number of rotatable bonds is 7. The first kappa shape index (κ1) is 20.4. The van der Waals surface area contributed by atoms with Crippen molar-refractivity contribution in [2.24, 2.45) is 0 Å². The average molecular weight is 438 g/mol. The number of aromatic nitrogens is 4. The molecule has 0 bridgehead atoms. The van der Waals surface area contributed by atoms with Gasteiger partial charge in [0.15, 0.2) is 11.6 Å². The summed E-state index contributed by atoms with van der Waals surface area (Å²) < 4.78 is 5.66. The predicted octanol–water partition coefficient (Wildman–Crippen LogP) is 4.51. The third-order valence-corrected chi connectivity index (χ3v) is 5.06. The van der Waals surface area contributed by atoms with Gasteiger partial charge in [0.25, 0.3) is 0 Å². The number of nitrogens with zero attached hydrogens (tertiary/aromatic N) is 3. The minimum atomic E-state index is -0.463. The molecule has 28 heavy (non-hydrogen) atoms. The van der Waals surface area contributed by atoms with E-state index in [1.807, 2.05) is 31.2 Å². The van der Waals surface area contributed by atoms with Crippen LogP contribution in [0.5, 0.6) is 5.75 Å². The van der Waals surface area contributed by atoms with E-state index in [4.69, 9.17) is 27.9 Å². The molecule has 10 heteroatoms. The number of thioether (sulfide) groups is 1. The number of carbonyl (C=O) groups excluding carboxylic acids is 1. The number of amides is 1. The Kier molecular flexibility index (Phi) is 6.77. The van der Waals surface area contributed by atoms with Gasteiger partial charge >= 0.3 is 0 Å². The van der Waals surface area contributed by atoms with Crippen LogP contribution in [0.2, 0.25) is 10.0 Å². The Morgan fingerprint density at radius 2 is 2.07 bits per heavy atom. The highest BCUT2D eigenvalue weighted by molar-refractivity contribution is 8.00. The van der Waals surface area contributed by atoms with Crippen LogP contribution in [-0.4, -0.2) is 31.3 Å². The number of nitrogens with one attached hydrogen (secondary N) is 2. The van der Waals surface area contributed by atoms with Crippen molar-refractivity contribution < 1.29 is 9.53 Å². The molecule has 2 N–H and O–H groups in total. The molecule has 1 atom stereocenters. The highest BCUT2D eigenvalue weighted by Crippen LogP contribution is 2.25. The van der Waals surface area contributed by atoms with E-state index in [9.17, 15) is 4.79 Å². The van der Waals surface area contributed by atoms with Crippen molar-refractivity contribution in [3.63, 3.8) is 0 Å². The number of benzene rings is 1. The highest BCUT2D eigenvalue weighted by atomic mass is 35.5. The summed E-state index contributed by atoms with van der Waals surface area (Å²) in [6, 6.07) is 9.24. The van der Waals surface area contributed by atoms with E-state index in [2.05, 4.69) is 25.5 Å². The van der Waals surface area contributed by atoms with Gasteiger partial charge in [-0.2, -0.15) is 0 Å². The summed E-state index contributed by atoms with van der Waals surface area (Å²) in [7, 11) is 0. The van der Waals surface area contributed by atoms with Crippen LogP contribution in [-0.2, 0) is 11.4 Å². The Bertz CT molecular complexity index is 965. The topological polar surface area (TPSA) is 92.8 Å². The van der Waals surface area contributed by atoms with Crippen LogP contribution >= 0.6 is 35.0 Å². The number of pyridine rings is 1. The lowest BCUT2D eigenvalue weighted by Gasteiger charge is -2.10. The number of aromatic amines is 1. The van der Waals surface area contributed by atoms with Crippen molar-refractivity contribution in [2.75, 3.05) is 5.32 Å². The SMILES string of the molecule is Cc1ccc(OCc2nc(S[C@H](C)C(=O)Nc3ncc(Cl)cc3Cl)n[nH]2)cc1. The number of H-pyrrole nitrogens is 1. The molecule has 2 aromatic heterocycles. The van der Waals surface area contributed by atoms with Gasteiger partial charge < -0.3 is 10.1 Å². The van der Waals surface area contributed by atoms with Gasteiger partial charge in [0, 0.05) is 6.20 Å². The maximum absolute atomic E-state index is 12.3. The van der Waals surface area contributed by atoms with Gasteiger partial charge in [-0.05, 0) is 32.0 Å². The normalized spacial score (nSPS) is 11.9. The van der Waals surface area contributed by atoms with Crippen molar-refractivity contribution in [3.05, 3.63) is 58.0 Å². The van der Waals surface area contributed by atoms with Gasteiger partial charge in [0.05, 0.1) is 15.3 Å². The van der Waals surface area contributed by atoms with Crippen molar-refractivity contribution in [1.29, 1.82) is 0 Å². The Morgan fingerprint density at radius 1 is 1.32 bits per heavy atom. The van der Waals surface area contributed by atoms with Crippen LogP contribution in [0.15, 0.2) is 41.7 Å². The first-order chi connectivity index (χ1) is 13.4. The third kappa shape index (κ3) is 5.60. The smallest absolute Gasteiger partial charge is 0.238 e. The molecular weight excluding hydrogens is 421 g/mol. The molecule has 0 fully saturated rings. The van der Waals surface area contributed by atoms with Crippen LogP contribution in [0.1, 0.15) is 18.3 Å². The number of ether oxygens (including phenoxy) is 1. The number of hydrogen-bond acceptors (Lipinski definition) is 6. The van der Waals surface area contributed by atoms with Crippen molar-refractivity contribution in [1.82, 2.24) is 20.2 Å². The largest absolute Gasteiger partial charge is 0.486 e. The number of carbonyl (C=O) groups is 1. The summed E-state index contributed by atoms with van der Waals surface area (Å²) in [4.78, 5) is 20.7. The molecule has 0 aliphatic rings. The average Bonchev–Trinajstić information content (AvgIpc) is 3.11. The molecule has 2 heterocycles. The first-order valence-electron chi connectivity index (χ1n) is 8.30. The molecule has 3 aromatic rings. The molecule has 0 spiro atoms. The lowest BCUT2D eigenvalue weighted by molar-refractivity contribution is -0.115. The molecular formula is C18H17Cl2N5O2S. The van der Waals surface area contributed by atoms with Crippen LogP contribution in [0.25, 0.3) is 0 Å². The van der Waals surface area contributed by atoms with E-state index in [1.54, 1.807) is 6.92 Å². The van der Waals surface area contributed by atoms with E-state index in [1.165, 1.54) is 24.0 Å². The van der Waals surface area contributed by atoms with Crippen LogP contribution in [0.4, 0.5) is 5.82 Å². The Labute approximate surface area is 176 Å². The Hall–Kier alpha value is -2.29. The van der Waals surface area contributed by atoms with Gasteiger partial charge in [-0.15, -0.1) is 5.10 Å². The molecule has 146 valence electrons. The molecule has 1 amide bonds. The fourth-order valence-corrected chi connectivity index (χ4v) is 3.29. The maximum atomic E-state index is 12.3.